The number of phenolic OH excluding ortho intramolecular Hbond substituents is 3. The number of carbonyl (C=O) groups is 1. The van der Waals surface area contributed by atoms with E-state index in [1.165, 1.54) is 36.4 Å². The Hall–Kier alpha value is -4.13. The lowest BCUT2D eigenvalue weighted by molar-refractivity contribution is 0.103. The Kier molecular flexibility index (Phi) is 3.12. The van der Waals surface area contributed by atoms with Gasteiger partial charge in [-0.05, 0) is 29.8 Å². The Labute approximate surface area is 156 Å². The van der Waals surface area contributed by atoms with Gasteiger partial charge < -0.3 is 29.3 Å². The lowest BCUT2D eigenvalue weighted by atomic mass is 9.96. The molecule has 0 radical (unpaired) electrons. The van der Waals surface area contributed by atoms with Crippen molar-refractivity contribution < 1.29 is 34.1 Å². The number of aromatic hydroxyl groups is 4. The van der Waals surface area contributed by atoms with Crippen LogP contribution in [-0.2, 0) is 0 Å². The van der Waals surface area contributed by atoms with E-state index in [4.69, 9.17) is 8.83 Å². The average Bonchev–Trinajstić information content (AvgIpc) is 3.15. The summed E-state index contributed by atoms with van der Waals surface area (Å²) in [5.41, 5.74) is 1.29. The quantitative estimate of drug-likeness (QED) is 0.330. The maximum atomic E-state index is 13.0. The van der Waals surface area contributed by atoms with Gasteiger partial charge in [0.15, 0.2) is 22.7 Å². The third kappa shape index (κ3) is 2.20. The van der Waals surface area contributed by atoms with E-state index >= 15 is 0 Å². The predicted octanol–water partition coefficient (Wildman–Crippen LogP) is 2.05. The van der Waals surface area contributed by atoms with E-state index in [0.29, 0.717) is 10.9 Å². The van der Waals surface area contributed by atoms with Crippen molar-refractivity contribution in [1.29, 1.82) is 0 Å². The van der Waals surface area contributed by atoms with Crippen molar-refractivity contribution in [1.82, 2.24) is 0 Å². The molecule has 1 aliphatic rings. The zero-order valence-corrected chi connectivity index (χ0v) is 14.1. The van der Waals surface area contributed by atoms with E-state index in [-0.39, 0.29) is 56.3 Å². The van der Waals surface area contributed by atoms with Crippen molar-refractivity contribution in [3.8, 4) is 23.0 Å². The number of furan rings is 2. The van der Waals surface area contributed by atoms with Gasteiger partial charge in [0.25, 0.3) is 0 Å². The second-order valence-corrected chi connectivity index (χ2v) is 6.44. The normalized spacial score (nSPS) is 13.4. The zero-order chi connectivity index (χ0) is 19.6. The van der Waals surface area contributed by atoms with Crippen LogP contribution in [-0.4, -0.2) is 26.2 Å². The number of carbonyl (C=O) groups excluding carboxylic acids is 1. The highest BCUT2D eigenvalue weighted by atomic mass is 16.4. The smallest absolute Gasteiger partial charge is 0.205 e. The number of fused-ring (bicyclic) bond motifs is 4. The van der Waals surface area contributed by atoms with Gasteiger partial charge in [-0.3, -0.25) is 4.79 Å². The van der Waals surface area contributed by atoms with Crippen LogP contribution in [0, 0.1) is 0 Å². The van der Waals surface area contributed by atoms with Crippen molar-refractivity contribution in [2.75, 3.05) is 0 Å². The van der Waals surface area contributed by atoms with Gasteiger partial charge >= 0.3 is 0 Å². The van der Waals surface area contributed by atoms with Gasteiger partial charge in [0.2, 0.25) is 5.78 Å². The molecule has 0 bridgehead atoms. The third-order valence-electron chi connectivity index (χ3n) is 4.66. The topological polar surface area (TPSA) is 124 Å². The highest BCUT2D eigenvalue weighted by molar-refractivity contribution is 6.20. The lowest BCUT2D eigenvalue weighted by Gasteiger charge is -2.03. The summed E-state index contributed by atoms with van der Waals surface area (Å²) in [5.74, 6) is -1.25. The predicted molar refractivity (Wildman–Crippen MR) is 97.8 cm³/mol. The Bertz CT molecular complexity index is 1400. The van der Waals surface area contributed by atoms with Crippen molar-refractivity contribution in [3.63, 3.8) is 0 Å². The highest BCUT2D eigenvalue weighted by Crippen LogP contribution is 2.37. The fraction of sp³-hybridized carbons (Fsp3) is 0. The summed E-state index contributed by atoms with van der Waals surface area (Å²) >= 11 is 0. The molecule has 0 saturated carbocycles. The van der Waals surface area contributed by atoms with E-state index in [9.17, 15) is 25.2 Å². The van der Waals surface area contributed by atoms with Gasteiger partial charge in [0, 0.05) is 17.5 Å². The first-order valence-corrected chi connectivity index (χ1v) is 8.30. The van der Waals surface area contributed by atoms with Crippen LogP contribution in [0.25, 0.3) is 23.1 Å². The second-order valence-electron chi connectivity index (χ2n) is 6.44. The molecule has 0 saturated heterocycles. The summed E-state index contributed by atoms with van der Waals surface area (Å²) in [6.07, 6.45) is 3.02. The molecule has 0 atom stereocenters. The molecule has 7 heteroatoms. The van der Waals surface area contributed by atoms with Crippen LogP contribution in [0.5, 0.6) is 23.0 Å². The summed E-state index contributed by atoms with van der Waals surface area (Å²) in [4.78, 5) is 13.0. The summed E-state index contributed by atoms with van der Waals surface area (Å²) in [7, 11) is 0. The second kappa shape index (κ2) is 5.43. The number of rotatable bonds is 1. The van der Waals surface area contributed by atoms with Crippen molar-refractivity contribution in [2.45, 2.75) is 0 Å². The van der Waals surface area contributed by atoms with Gasteiger partial charge in [0.1, 0.15) is 28.1 Å². The Morgan fingerprint density at radius 3 is 2.32 bits per heavy atom. The van der Waals surface area contributed by atoms with Gasteiger partial charge in [-0.2, -0.15) is 0 Å². The van der Waals surface area contributed by atoms with Crippen LogP contribution < -0.4 is 10.8 Å². The Balaban J connectivity index is 1.74. The Morgan fingerprint density at radius 1 is 0.857 bits per heavy atom. The van der Waals surface area contributed by atoms with E-state index in [1.54, 1.807) is 12.1 Å². The first kappa shape index (κ1) is 16.1. The first-order chi connectivity index (χ1) is 13.4. The number of ketones is 1. The standard InChI is InChI=1S/C21H12O7/c22-10-3-1-9(2-4-10)5-17-20(25)19-16(28-17)8-15-18(21(19)26)11-6-12(23)13(24)7-14(11)27-15/h1-8,22-25H/b17-5-. The lowest BCUT2D eigenvalue weighted by Crippen LogP contribution is -2.17. The third-order valence-corrected chi connectivity index (χ3v) is 4.66. The largest absolute Gasteiger partial charge is 0.508 e. The molecule has 28 heavy (non-hydrogen) atoms. The van der Waals surface area contributed by atoms with E-state index in [1.807, 2.05) is 0 Å². The van der Waals surface area contributed by atoms with Gasteiger partial charge in [-0.15, -0.1) is 0 Å². The summed E-state index contributed by atoms with van der Waals surface area (Å²) in [6.45, 7) is 0. The molecule has 2 heterocycles. The van der Waals surface area contributed by atoms with Crippen LogP contribution in [0.2, 0.25) is 0 Å². The number of hydrogen-bond acceptors (Lipinski definition) is 7. The van der Waals surface area contributed by atoms with Gasteiger partial charge in [-0.1, -0.05) is 12.1 Å². The molecule has 1 aliphatic carbocycles. The number of benzene rings is 2. The molecule has 0 amide bonds. The molecular formula is C21H12O7. The maximum Gasteiger partial charge on any atom is 0.205 e. The maximum absolute atomic E-state index is 13.0. The first-order valence-electron chi connectivity index (χ1n) is 8.30. The molecule has 2 aromatic carbocycles. The number of hydrogen-bond donors (Lipinski definition) is 4. The van der Waals surface area contributed by atoms with E-state index < -0.39 is 5.78 Å². The minimum atomic E-state index is -0.511. The molecule has 0 spiro atoms. The van der Waals surface area contributed by atoms with Gasteiger partial charge in [0.05, 0.1) is 5.56 Å². The molecule has 2 aromatic heterocycles. The van der Waals surface area contributed by atoms with E-state index in [2.05, 4.69) is 0 Å². The molecule has 4 N–H and O–H groups in total. The van der Waals surface area contributed by atoms with Crippen LogP contribution in [0.3, 0.4) is 0 Å². The summed E-state index contributed by atoms with van der Waals surface area (Å²) < 4.78 is 11.2. The highest BCUT2D eigenvalue weighted by Gasteiger charge is 2.31. The van der Waals surface area contributed by atoms with Crippen LogP contribution >= 0.6 is 0 Å². The summed E-state index contributed by atoms with van der Waals surface area (Å²) in [5, 5.41) is 39.6. The fourth-order valence-corrected chi connectivity index (χ4v) is 3.32. The van der Waals surface area contributed by atoms with Crippen LogP contribution in [0.15, 0.2) is 45.2 Å². The minimum absolute atomic E-state index is 0.00667. The minimum Gasteiger partial charge on any atom is -0.508 e. The van der Waals surface area contributed by atoms with Crippen LogP contribution in [0.1, 0.15) is 27.2 Å². The molecule has 0 unspecified atom stereocenters. The number of phenols is 3. The molecule has 0 fully saturated rings. The van der Waals surface area contributed by atoms with Crippen molar-refractivity contribution in [3.05, 3.63) is 69.7 Å². The van der Waals surface area contributed by atoms with Crippen molar-refractivity contribution >= 4 is 28.9 Å². The SMILES string of the molecule is O=C1c2c(O)/c(=C/c3ccc(O)cc3)oc2=Cc2oc3cc(O)c(O)cc3c21. The van der Waals surface area contributed by atoms with Gasteiger partial charge in [-0.25, -0.2) is 0 Å². The monoisotopic (exact) mass is 376 g/mol. The summed E-state index contributed by atoms with van der Waals surface area (Å²) in [6, 6.07) is 8.71. The molecule has 0 aliphatic heterocycles. The zero-order valence-electron chi connectivity index (χ0n) is 14.1. The Morgan fingerprint density at radius 2 is 1.57 bits per heavy atom. The van der Waals surface area contributed by atoms with E-state index in [0.717, 1.165) is 0 Å². The molecule has 7 nitrogen and oxygen atoms in total. The fourth-order valence-electron chi connectivity index (χ4n) is 3.32. The molecule has 5 rings (SSSR count). The molecular weight excluding hydrogens is 364 g/mol. The van der Waals surface area contributed by atoms with Crippen LogP contribution in [0.4, 0.5) is 0 Å². The molecule has 138 valence electrons. The molecule has 4 aromatic rings. The average molecular weight is 376 g/mol. The van der Waals surface area contributed by atoms with Crippen molar-refractivity contribution in [2.24, 2.45) is 0 Å².